The second-order valence-electron chi connectivity index (χ2n) is 6.62. The molecule has 2 amide bonds. The fourth-order valence-corrected chi connectivity index (χ4v) is 3.44. The van der Waals surface area contributed by atoms with E-state index in [1.54, 1.807) is 13.2 Å². The van der Waals surface area contributed by atoms with Crippen LogP contribution in [0.2, 0.25) is 0 Å². The standard InChI is InChI=1S/C16H23N3O3/c1-11(20)17-13-7-16(5-6-16)10-19(8-13)15(21)14-4-3-12(18-14)9-22-2/h3-4,13,18H,5-10H2,1-2H3,(H,17,20). The second kappa shape index (κ2) is 5.76. The predicted octanol–water partition coefficient (Wildman–Crippen LogP) is 1.29. The molecule has 1 aromatic rings. The lowest BCUT2D eigenvalue weighted by atomic mass is 9.91. The lowest BCUT2D eigenvalue weighted by molar-refractivity contribution is -0.120. The second-order valence-corrected chi connectivity index (χ2v) is 6.62. The molecule has 2 fully saturated rings. The quantitative estimate of drug-likeness (QED) is 0.880. The third-order valence-corrected chi connectivity index (χ3v) is 4.57. The van der Waals surface area contributed by atoms with Gasteiger partial charge >= 0.3 is 0 Å². The van der Waals surface area contributed by atoms with Gasteiger partial charge in [0, 0.05) is 38.9 Å². The van der Waals surface area contributed by atoms with Gasteiger partial charge < -0.3 is 19.9 Å². The fourth-order valence-electron chi connectivity index (χ4n) is 3.44. The Bertz CT molecular complexity index is 577. The van der Waals surface area contributed by atoms with Crippen LogP contribution in [0.15, 0.2) is 12.1 Å². The Labute approximate surface area is 130 Å². The highest BCUT2D eigenvalue weighted by Crippen LogP contribution is 2.52. The van der Waals surface area contributed by atoms with Gasteiger partial charge in [0.2, 0.25) is 5.91 Å². The van der Waals surface area contributed by atoms with Crippen molar-refractivity contribution in [1.29, 1.82) is 0 Å². The molecule has 0 aromatic carbocycles. The van der Waals surface area contributed by atoms with Crippen LogP contribution in [0.5, 0.6) is 0 Å². The van der Waals surface area contributed by atoms with Gasteiger partial charge in [0.25, 0.3) is 5.91 Å². The maximum atomic E-state index is 12.7. The molecule has 3 rings (SSSR count). The summed E-state index contributed by atoms with van der Waals surface area (Å²) in [4.78, 5) is 29.0. The molecule has 2 N–H and O–H groups in total. The number of H-pyrrole nitrogens is 1. The van der Waals surface area contributed by atoms with Crippen molar-refractivity contribution in [2.45, 2.75) is 38.8 Å². The summed E-state index contributed by atoms with van der Waals surface area (Å²) >= 11 is 0. The molecule has 0 bridgehead atoms. The molecule has 6 heteroatoms. The van der Waals surface area contributed by atoms with Crippen LogP contribution in [-0.2, 0) is 16.1 Å². The highest BCUT2D eigenvalue weighted by molar-refractivity contribution is 5.92. The number of likely N-dealkylation sites (tertiary alicyclic amines) is 1. The number of carbonyl (C=O) groups is 2. The van der Waals surface area contributed by atoms with Crippen molar-refractivity contribution < 1.29 is 14.3 Å². The van der Waals surface area contributed by atoms with Crippen molar-refractivity contribution in [3.63, 3.8) is 0 Å². The number of piperidine rings is 1. The van der Waals surface area contributed by atoms with Gasteiger partial charge in [-0.25, -0.2) is 0 Å². The molecular weight excluding hydrogens is 282 g/mol. The van der Waals surface area contributed by atoms with Gasteiger partial charge in [-0.05, 0) is 36.8 Å². The Morgan fingerprint density at radius 1 is 1.45 bits per heavy atom. The SMILES string of the molecule is COCc1ccc(C(=O)N2CC(NC(C)=O)CC3(CC3)C2)[nH]1. The van der Waals surface area contributed by atoms with Crippen LogP contribution in [0, 0.1) is 5.41 Å². The summed E-state index contributed by atoms with van der Waals surface area (Å²) < 4.78 is 5.07. The van der Waals surface area contributed by atoms with Crippen LogP contribution in [0.3, 0.4) is 0 Å². The number of nitrogens with one attached hydrogen (secondary N) is 2. The van der Waals surface area contributed by atoms with Gasteiger partial charge in [-0.2, -0.15) is 0 Å². The van der Waals surface area contributed by atoms with Crippen molar-refractivity contribution in [3.05, 3.63) is 23.5 Å². The summed E-state index contributed by atoms with van der Waals surface area (Å²) in [6.07, 6.45) is 3.27. The first-order valence-corrected chi connectivity index (χ1v) is 7.74. The van der Waals surface area contributed by atoms with Gasteiger partial charge in [-0.3, -0.25) is 9.59 Å². The molecule has 1 aliphatic heterocycles. The number of ether oxygens (including phenoxy) is 1. The molecule has 1 saturated heterocycles. The molecule has 2 heterocycles. The van der Waals surface area contributed by atoms with E-state index in [1.807, 2.05) is 11.0 Å². The van der Waals surface area contributed by atoms with E-state index >= 15 is 0 Å². The van der Waals surface area contributed by atoms with Crippen LogP contribution < -0.4 is 5.32 Å². The highest BCUT2D eigenvalue weighted by atomic mass is 16.5. The average molecular weight is 305 g/mol. The van der Waals surface area contributed by atoms with Crippen LogP contribution in [0.1, 0.15) is 42.4 Å². The summed E-state index contributed by atoms with van der Waals surface area (Å²) in [5.74, 6) is -0.0268. The predicted molar refractivity (Wildman–Crippen MR) is 81.3 cm³/mol. The Hall–Kier alpha value is -1.82. The minimum Gasteiger partial charge on any atom is -0.378 e. The topological polar surface area (TPSA) is 74.4 Å². The lowest BCUT2D eigenvalue weighted by Gasteiger charge is -2.38. The first kappa shape index (κ1) is 15.1. The van der Waals surface area contributed by atoms with E-state index in [2.05, 4.69) is 10.3 Å². The van der Waals surface area contributed by atoms with Crippen molar-refractivity contribution in [1.82, 2.24) is 15.2 Å². The molecule has 2 aliphatic rings. The largest absolute Gasteiger partial charge is 0.378 e. The number of aromatic amines is 1. The molecule has 1 unspecified atom stereocenters. The normalized spacial score (nSPS) is 22.6. The maximum absolute atomic E-state index is 12.7. The molecule has 1 aromatic heterocycles. The van der Waals surface area contributed by atoms with Gasteiger partial charge in [0.05, 0.1) is 6.61 Å². The third kappa shape index (κ3) is 3.16. The third-order valence-electron chi connectivity index (χ3n) is 4.57. The molecule has 22 heavy (non-hydrogen) atoms. The molecule has 1 aliphatic carbocycles. The molecule has 1 spiro atoms. The lowest BCUT2D eigenvalue weighted by Crippen LogP contribution is -2.53. The number of nitrogens with zero attached hydrogens (tertiary/aromatic N) is 1. The van der Waals surface area contributed by atoms with Gasteiger partial charge in [0.15, 0.2) is 0 Å². The Kier molecular flexibility index (Phi) is 3.95. The van der Waals surface area contributed by atoms with E-state index in [0.29, 0.717) is 18.8 Å². The average Bonchev–Trinajstić information content (AvgIpc) is 3.01. The van der Waals surface area contributed by atoms with Crippen LogP contribution in [0.4, 0.5) is 0 Å². The Morgan fingerprint density at radius 3 is 2.86 bits per heavy atom. The van der Waals surface area contributed by atoms with E-state index in [4.69, 9.17) is 4.74 Å². The van der Waals surface area contributed by atoms with Gasteiger partial charge in [-0.1, -0.05) is 0 Å². The smallest absolute Gasteiger partial charge is 0.270 e. The molecule has 6 nitrogen and oxygen atoms in total. The fraction of sp³-hybridized carbons (Fsp3) is 0.625. The van der Waals surface area contributed by atoms with E-state index in [9.17, 15) is 9.59 Å². The first-order chi connectivity index (χ1) is 10.5. The summed E-state index contributed by atoms with van der Waals surface area (Å²) in [5, 5.41) is 2.98. The molecule has 1 atom stereocenters. The van der Waals surface area contributed by atoms with Crippen molar-refractivity contribution >= 4 is 11.8 Å². The zero-order chi connectivity index (χ0) is 15.7. The van der Waals surface area contributed by atoms with Crippen LogP contribution >= 0.6 is 0 Å². The van der Waals surface area contributed by atoms with E-state index in [0.717, 1.165) is 31.5 Å². The minimum atomic E-state index is -0.0302. The van der Waals surface area contributed by atoms with E-state index in [-0.39, 0.29) is 23.3 Å². The van der Waals surface area contributed by atoms with E-state index < -0.39 is 0 Å². The summed E-state index contributed by atoms with van der Waals surface area (Å²) in [7, 11) is 1.63. The highest BCUT2D eigenvalue weighted by Gasteiger charge is 2.49. The molecule has 120 valence electrons. The Morgan fingerprint density at radius 2 is 2.23 bits per heavy atom. The number of amides is 2. The maximum Gasteiger partial charge on any atom is 0.270 e. The molecule has 1 saturated carbocycles. The first-order valence-electron chi connectivity index (χ1n) is 7.74. The Balaban J connectivity index is 1.71. The number of hydrogen-bond acceptors (Lipinski definition) is 3. The zero-order valence-electron chi connectivity index (χ0n) is 13.1. The monoisotopic (exact) mass is 305 g/mol. The summed E-state index contributed by atoms with van der Waals surface area (Å²) in [6, 6.07) is 3.74. The number of methoxy groups -OCH3 is 1. The number of carbonyl (C=O) groups excluding carboxylic acids is 2. The van der Waals surface area contributed by atoms with E-state index in [1.165, 1.54) is 6.92 Å². The summed E-state index contributed by atoms with van der Waals surface area (Å²) in [5.41, 5.74) is 1.71. The zero-order valence-corrected chi connectivity index (χ0v) is 13.1. The minimum absolute atomic E-state index is 0.00341. The molecule has 0 radical (unpaired) electrons. The number of rotatable bonds is 4. The van der Waals surface area contributed by atoms with Crippen LogP contribution in [0.25, 0.3) is 0 Å². The van der Waals surface area contributed by atoms with Crippen molar-refractivity contribution in [3.8, 4) is 0 Å². The number of hydrogen-bond donors (Lipinski definition) is 2. The van der Waals surface area contributed by atoms with Crippen molar-refractivity contribution in [2.24, 2.45) is 5.41 Å². The number of aromatic nitrogens is 1. The van der Waals surface area contributed by atoms with Gasteiger partial charge in [0.1, 0.15) is 5.69 Å². The van der Waals surface area contributed by atoms with Crippen molar-refractivity contribution in [2.75, 3.05) is 20.2 Å². The van der Waals surface area contributed by atoms with Gasteiger partial charge in [-0.15, -0.1) is 0 Å². The summed E-state index contributed by atoms with van der Waals surface area (Å²) in [6.45, 7) is 3.37. The molecular formula is C16H23N3O3. The van der Waals surface area contributed by atoms with Crippen LogP contribution in [-0.4, -0.2) is 47.9 Å².